The molecule has 20 heavy (non-hydrogen) atoms. The van der Waals surface area contributed by atoms with Gasteiger partial charge < -0.3 is 20.1 Å². The van der Waals surface area contributed by atoms with E-state index in [0.29, 0.717) is 6.54 Å². The highest BCUT2D eigenvalue weighted by molar-refractivity contribution is 5.95. The zero-order valence-corrected chi connectivity index (χ0v) is 12.3. The molecule has 0 aromatic heterocycles. The first-order chi connectivity index (χ1) is 9.22. The van der Waals surface area contributed by atoms with Crippen molar-refractivity contribution in [2.24, 2.45) is 5.92 Å². The molecule has 0 spiro atoms. The number of hydrogen-bond donors (Lipinski definition) is 3. The molecule has 0 aliphatic heterocycles. The second-order valence-electron chi connectivity index (χ2n) is 5.02. The first kappa shape index (κ1) is 18.3. The molecule has 0 saturated carbocycles. The summed E-state index contributed by atoms with van der Waals surface area (Å²) in [7, 11) is 3.78. The zero-order valence-electron chi connectivity index (χ0n) is 12.3. The fourth-order valence-electron chi connectivity index (χ4n) is 1.41. The lowest BCUT2D eigenvalue weighted by Crippen LogP contribution is -2.50. The SMILES string of the molecule is CC(C)C(CN(C)C)NC(=O)NC(=O)COCC(=O)O. The number of carbonyl (C=O) groups excluding carboxylic acids is 2. The lowest BCUT2D eigenvalue weighted by atomic mass is 10.0. The summed E-state index contributed by atoms with van der Waals surface area (Å²) in [6.07, 6.45) is 0. The fraction of sp³-hybridized carbons (Fsp3) is 0.750. The third-order valence-corrected chi connectivity index (χ3v) is 2.39. The van der Waals surface area contributed by atoms with Crippen LogP contribution in [0.15, 0.2) is 0 Å². The molecule has 8 nitrogen and oxygen atoms in total. The Labute approximate surface area is 118 Å². The third kappa shape index (κ3) is 9.29. The Morgan fingerprint density at radius 3 is 2.25 bits per heavy atom. The molecular weight excluding hydrogens is 266 g/mol. The fourth-order valence-corrected chi connectivity index (χ4v) is 1.41. The van der Waals surface area contributed by atoms with Crippen LogP contribution in [0.5, 0.6) is 0 Å². The summed E-state index contributed by atoms with van der Waals surface area (Å²) in [6, 6.07) is -0.716. The summed E-state index contributed by atoms with van der Waals surface area (Å²) in [4.78, 5) is 35.0. The molecule has 3 N–H and O–H groups in total. The van der Waals surface area contributed by atoms with Crippen molar-refractivity contribution in [1.29, 1.82) is 0 Å². The first-order valence-electron chi connectivity index (χ1n) is 6.27. The van der Waals surface area contributed by atoms with Crippen LogP contribution in [0.4, 0.5) is 4.79 Å². The van der Waals surface area contributed by atoms with Crippen molar-refractivity contribution in [1.82, 2.24) is 15.5 Å². The van der Waals surface area contributed by atoms with Gasteiger partial charge in [0.05, 0.1) is 0 Å². The minimum atomic E-state index is -1.17. The van der Waals surface area contributed by atoms with Gasteiger partial charge in [-0.05, 0) is 20.0 Å². The van der Waals surface area contributed by atoms with Gasteiger partial charge in [0.2, 0.25) is 0 Å². The van der Waals surface area contributed by atoms with Crippen LogP contribution < -0.4 is 10.6 Å². The van der Waals surface area contributed by atoms with Crippen LogP contribution >= 0.6 is 0 Å². The number of amides is 3. The van der Waals surface area contributed by atoms with Gasteiger partial charge in [-0.25, -0.2) is 9.59 Å². The van der Waals surface area contributed by atoms with Crippen molar-refractivity contribution in [2.45, 2.75) is 19.9 Å². The summed E-state index contributed by atoms with van der Waals surface area (Å²) >= 11 is 0. The van der Waals surface area contributed by atoms with Crippen molar-refractivity contribution in [3.8, 4) is 0 Å². The Balaban J connectivity index is 4.11. The number of carboxylic acid groups (broad SMARTS) is 1. The van der Waals surface area contributed by atoms with Gasteiger partial charge in [0.25, 0.3) is 5.91 Å². The van der Waals surface area contributed by atoms with Gasteiger partial charge in [0, 0.05) is 12.6 Å². The summed E-state index contributed by atoms with van der Waals surface area (Å²) in [5.74, 6) is -1.65. The summed E-state index contributed by atoms with van der Waals surface area (Å²) in [5, 5.41) is 13.1. The number of urea groups is 1. The first-order valence-corrected chi connectivity index (χ1v) is 6.27. The van der Waals surface area contributed by atoms with Gasteiger partial charge >= 0.3 is 12.0 Å². The van der Waals surface area contributed by atoms with Gasteiger partial charge in [0.15, 0.2) is 0 Å². The van der Waals surface area contributed by atoms with Crippen LogP contribution in [0.1, 0.15) is 13.8 Å². The number of nitrogens with zero attached hydrogens (tertiary/aromatic N) is 1. The predicted molar refractivity (Wildman–Crippen MR) is 72.3 cm³/mol. The third-order valence-electron chi connectivity index (χ3n) is 2.39. The van der Waals surface area contributed by atoms with Gasteiger partial charge in [-0.15, -0.1) is 0 Å². The van der Waals surface area contributed by atoms with E-state index >= 15 is 0 Å². The number of imide groups is 1. The van der Waals surface area contributed by atoms with Crippen LogP contribution in [0.2, 0.25) is 0 Å². The van der Waals surface area contributed by atoms with E-state index in [1.54, 1.807) is 0 Å². The van der Waals surface area contributed by atoms with Crippen molar-refractivity contribution >= 4 is 17.9 Å². The molecule has 0 saturated heterocycles. The second kappa shape index (κ2) is 9.27. The maximum absolute atomic E-state index is 11.6. The van der Waals surface area contributed by atoms with Gasteiger partial charge in [-0.2, -0.15) is 0 Å². The number of carboxylic acids is 1. The highest BCUT2D eigenvalue weighted by atomic mass is 16.5. The van der Waals surface area contributed by atoms with E-state index in [0.717, 1.165) is 0 Å². The lowest BCUT2D eigenvalue weighted by molar-refractivity contribution is -0.143. The standard InChI is InChI=1S/C12H23N3O5/c1-8(2)9(5-15(3)4)13-12(19)14-10(16)6-20-7-11(17)18/h8-9H,5-7H2,1-4H3,(H,17,18)(H2,13,14,16,19). The van der Waals surface area contributed by atoms with Crippen LogP contribution in [0.3, 0.4) is 0 Å². The number of aliphatic carboxylic acids is 1. The Bertz CT molecular complexity index is 344. The van der Waals surface area contributed by atoms with Crippen LogP contribution in [-0.2, 0) is 14.3 Å². The summed E-state index contributed by atoms with van der Waals surface area (Å²) in [6.45, 7) is 3.53. The molecule has 8 heteroatoms. The average molecular weight is 289 g/mol. The molecule has 1 unspecified atom stereocenters. The molecule has 0 aromatic carbocycles. The van der Waals surface area contributed by atoms with E-state index in [1.165, 1.54) is 0 Å². The molecule has 0 aliphatic carbocycles. The Morgan fingerprint density at radius 2 is 1.80 bits per heavy atom. The highest BCUT2D eigenvalue weighted by Gasteiger charge is 2.18. The monoisotopic (exact) mass is 289 g/mol. The minimum absolute atomic E-state index is 0.0993. The van der Waals surface area contributed by atoms with E-state index < -0.39 is 31.1 Å². The molecule has 116 valence electrons. The molecular formula is C12H23N3O5. The van der Waals surface area contributed by atoms with Gasteiger partial charge in [-0.1, -0.05) is 13.8 Å². The molecule has 0 aromatic rings. The smallest absolute Gasteiger partial charge is 0.329 e. The molecule has 1 atom stereocenters. The molecule has 0 heterocycles. The average Bonchev–Trinajstić information content (AvgIpc) is 2.26. The topological polar surface area (TPSA) is 108 Å². The van der Waals surface area contributed by atoms with Crippen molar-refractivity contribution < 1.29 is 24.2 Å². The minimum Gasteiger partial charge on any atom is -0.480 e. The molecule has 0 fully saturated rings. The Morgan fingerprint density at radius 1 is 1.20 bits per heavy atom. The van der Waals surface area contributed by atoms with Crippen LogP contribution in [0, 0.1) is 5.92 Å². The quantitative estimate of drug-likeness (QED) is 0.556. The number of nitrogens with one attached hydrogen (secondary N) is 2. The van der Waals surface area contributed by atoms with E-state index in [-0.39, 0.29) is 12.0 Å². The zero-order chi connectivity index (χ0) is 15.7. The molecule has 0 rings (SSSR count). The largest absolute Gasteiger partial charge is 0.480 e. The Hall–Kier alpha value is -1.67. The summed E-state index contributed by atoms with van der Waals surface area (Å²) in [5.41, 5.74) is 0. The van der Waals surface area contributed by atoms with E-state index in [2.05, 4.69) is 15.4 Å². The predicted octanol–water partition coefficient (Wildman–Crippen LogP) is -0.500. The van der Waals surface area contributed by atoms with Gasteiger partial charge in [0.1, 0.15) is 13.2 Å². The van der Waals surface area contributed by atoms with E-state index in [1.807, 2.05) is 32.8 Å². The Kier molecular flexibility index (Phi) is 8.49. The van der Waals surface area contributed by atoms with E-state index in [4.69, 9.17) is 5.11 Å². The lowest BCUT2D eigenvalue weighted by Gasteiger charge is -2.25. The molecule has 0 aliphatic rings. The van der Waals surface area contributed by atoms with Crippen molar-refractivity contribution in [3.05, 3.63) is 0 Å². The molecule has 3 amide bonds. The number of hydrogen-bond acceptors (Lipinski definition) is 5. The maximum Gasteiger partial charge on any atom is 0.329 e. The normalized spacial score (nSPS) is 12.3. The number of likely N-dealkylation sites (N-methyl/N-ethyl adjacent to an activating group) is 1. The van der Waals surface area contributed by atoms with E-state index in [9.17, 15) is 14.4 Å². The molecule has 0 radical (unpaired) electrons. The highest BCUT2D eigenvalue weighted by Crippen LogP contribution is 2.02. The van der Waals surface area contributed by atoms with Crippen molar-refractivity contribution in [2.75, 3.05) is 33.9 Å². The number of carbonyl (C=O) groups is 3. The number of ether oxygens (including phenoxy) is 1. The molecule has 0 bridgehead atoms. The van der Waals surface area contributed by atoms with Crippen LogP contribution in [0.25, 0.3) is 0 Å². The van der Waals surface area contributed by atoms with Gasteiger partial charge in [-0.3, -0.25) is 10.1 Å². The summed E-state index contributed by atoms with van der Waals surface area (Å²) < 4.78 is 4.57. The number of rotatable bonds is 8. The van der Waals surface area contributed by atoms with Crippen molar-refractivity contribution in [3.63, 3.8) is 0 Å². The maximum atomic E-state index is 11.6. The second-order valence-corrected chi connectivity index (χ2v) is 5.02. The van der Waals surface area contributed by atoms with Crippen LogP contribution in [-0.4, -0.2) is 67.8 Å².